The number of hydrogen-bond donors (Lipinski definition) is 1. The highest BCUT2D eigenvalue weighted by atomic mass is 16.3. The van der Waals surface area contributed by atoms with Crippen LogP contribution in [0.4, 0.5) is 0 Å². The summed E-state index contributed by atoms with van der Waals surface area (Å²) in [6.07, 6.45) is 7.50. The van der Waals surface area contributed by atoms with Crippen molar-refractivity contribution in [2.24, 2.45) is 5.92 Å². The summed E-state index contributed by atoms with van der Waals surface area (Å²) in [4.78, 5) is 4.17. The van der Waals surface area contributed by atoms with E-state index in [-0.39, 0.29) is 6.10 Å². The average Bonchev–Trinajstić information content (AvgIpc) is 2.72. The molecule has 1 atom stereocenters. The molecule has 0 aliphatic heterocycles. The summed E-state index contributed by atoms with van der Waals surface area (Å²) >= 11 is 0. The number of hydrogen-bond acceptors (Lipinski definition) is 2. The highest BCUT2D eigenvalue weighted by Crippen LogP contribution is 2.32. The predicted molar refractivity (Wildman–Crippen MR) is 55.8 cm³/mol. The maximum Gasteiger partial charge on any atom is 0.0962 e. The van der Waals surface area contributed by atoms with Gasteiger partial charge in [0.1, 0.15) is 0 Å². The molecular formula is C12H17NO. The Hall–Kier alpha value is -0.890. The van der Waals surface area contributed by atoms with Crippen molar-refractivity contribution < 1.29 is 5.11 Å². The number of aliphatic hydroxyl groups is 1. The summed E-state index contributed by atoms with van der Waals surface area (Å²) in [6.45, 7) is 0. The Morgan fingerprint density at radius 3 is 2.79 bits per heavy atom. The van der Waals surface area contributed by atoms with E-state index in [1.165, 1.54) is 25.7 Å². The van der Waals surface area contributed by atoms with E-state index in [4.69, 9.17) is 0 Å². The van der Waals surface area contributed by atoms with Gasteiger partial charge in [-0.2, -0.15) is 0 Å². The molecule has 0 amide bonds. The Balaban J connectivity index is 1.92. The number of rotatable bonds is 3. The molecule has 2 heteroatoms. The SMILES string of the molecule is OC(CC1CCCC1)c1ccccn1. The summed E-state index contributed by atoms with van der Waals surface area (Å²) in [5, 5.41) is 9.92. The molecule has 0 spiro atoms. The molecule has 1 aliphatic rings. The van der Waals surface area contributed by atoms with Crippen LogP contribution < -0.4 is 0 Å². The molecular weight excluding hydrogens is 174 g/mol. The largest absolute Gasteiger partial charge is 0.387 e. The van der Waals surface area contributed by atoms with Gasteiger partial charge in [0.15, 0.2) is 0 Å². The maximum atomic E-state index is 9.92. The van der Waals surface area contributed by atoms with Crippen LogP contribution in [-0.2, 0) is 0 Å². The molecule has 0 saturated heterocycles. The fraction of sp³-hybridized carbons (Fsp3) is 0.583. The highest BCUT2D eigenvalue weighted by molar-refractivity contribution is 5.06. The predicted octanol–water partition coefficient (Wildman–Crippen LogP) is 2.70. The van der Waals surface area contributed by atoms with E-state index < -0.39 is 0 Å². The first-order valence-electron chi connectivity index (χ1n) is 5.45. The lowest BCUT2D eigenvalue weighted by atomic mass is 9.98. The molecule has 14 heavy (non-hydrogen) atoms. The molecule has 0 bridgehead atoms. The van der Waals surface area contributed by atoms with Gasteiger partial charge in [0, 0.05) is 6.20 Å². The fourth-order valence-corrected chi connectivity index (χ4v) is 2.26. The van der Waals surface area contributed by atoms with Gasteiger partial charge in [0.05, 0.1) is 11.8 Å². The van der Waals surface area contributed by atoms with E-state index in [1.807, 2.05) is 18.2 Å². The monoisotopic (exact) mass is 191 g/mol. The van der Waals surface area contributed by atoms with Crippen molar-refractivity contribution in [1.29, 1.82) is 0 Å². The minimum Gasteiger partial charge on any atom is -0.387 e. The zero-order valence-electron chi connectivity index (χ0n) is 8.39. The molecule has 1 aromatic rings. The number of pyridine rings is 1. The minimum absolute atomic E-state index is 0.362. The molecule has 1 aliphatic carbocycles. The van der Waals surface area contributed by atoms with Crippen molar-refractivity contribution >= 4 is 0 Å². The topological polar surface area (TPSA) is 33.1 Å². The van der Waals surface area contributed by atoms with Gasteiger partial charge in [0.25, 0.3) is 0 Å². The van der Waals surface area contributed by atoms with Crippen molar-refractivity contribution in [2.75, 3.05) is 0 Å². The van der Waals surface area contributed by atoms with E-state index in [1.54, 1.807) is 6.20 Å². The quantitative estimate of drug-likeness (QED) is 0.796. The lowest BCUT2D eigenvalue weighted by Crippen LogP contribution is -2.05. The van der Waals surface area contributed by atoms with Crippen molar-refractivity contribution in [1.82, 2.24) is 4.98 Å². The number of nitrogens with zero attached hydrogens (tertiary/aromatic N) is 1. The van der Waals surface area contributed by atoms with Crippen LogP contribution in [0.1, 0.15) is 43.9 Å². The van der Waals surface area contributed by atoms with E-state index in [9.17, 15) is 5.11 Å². The van der Waals surface area contributed by atoms with Gasteiger partial charge in [0.2, 0.25) is 0 Å². The minimum atomic E-state index is -0.362. The second-order valence-corrected chi connectivity index (χ2v) is 4.16. The maximum absolute atomic E-state index is 9.92. The summed E-state index contributed by atoms with van der Waals surface area (Å²) in [5.41, 5.74) is 0.819. The Labute approximate surface area is 85.0 Å². The van der Waals surface area contributed by atoms with Crippen LogP contribution in [-0.4, -0.2) is 10.1 Å². The number of aromatic nitrogens is 1. The Bertz CT molecular complexity index is 267. The second kappa shape index (κ2) is 4.56. The summed E-state index contributed by atoms with van der Waals surface area (Å²) in [7, 11) is 0. The third kappa shape index (κ3) is 2.32. The van der Waals surface area contributed by atoms with Gasteiger partial charge in [-0.3, -0.25) is 4.98 Å². The van der Waals surface area contributed by atoms with Crippen LogP contribution in [0.2, 0.25) is 0 Å². The summed E-state index contributed by atoms with van der Waals surface area (Å²) in [5.74, 6) is 0.715. The zero-order chi connectivity index (χ0) is 9.80. The van der Waals surface area contributed by atoms with Crippen LogP contribution in [0.15, 0.2) is 24.4 Å². The van der Waals surface area contributed by atoms with E-state index in [0.717, 1.165) is 12.1 Å². The Kier molecular flexibility index (Phi) is 3.14. The normalized spacial score (nSPS) is 19.8. The van der Waals surface area contributed by atoms with Crippen molar-refractivity contribution in [2.45, 2.75) is 38.2 Å². The second-order valence-electron chi connectivity index (χ2n) is 4.16. The van der Waals surface area contributed by atoms with Crippen LogP contribution in [0.5, 0.6) is 0 Å². The van der Waals surface area contributed by atoms with Gasteiger partial charge >= 0.3 is 0 Å². The Morgan fingerprint density at radius 2 is 2.14 bits per heavy atom. The molecule has 1 aromatic heterocycles. The first-order valence-corrected chi connectivity index (χ1v) is 5.45. The fourth-order valence-electron chi connectivity index (χ4n) is 2.26. The van der Waals surface area contributed by atoms with Crippen LogP contribution >= 0.6 is 0 Å². The van der Waals surface area contributed by atoms with Gasteiger partial charge in [-0.1, -0.05) is 31.7 Å². The molecule has 1 saturated carbocycles. The third-order valence-electron chi connectivity index (χ3n) is 3.06. The van der Waals surface area contributed by atoms with Crippen LogP contribution in [0.25, 0.3) is 0 Å². The molecule has 2 rings (SSSR count). The highest BCUT2D eigenvalue weighted by Gasteiger charge is 2.19. The standard InChI is InChI=1S/C12H17NO/c14-12(9-10-5-1-2-6-10)11-7-3-4-8-13-11/h3-4,7-8,10,12,14H,1-2,5-6,9H2. The summed E-state index contributed by atoms with van der Waals surface area (Å²) in [6, 6.07) is 5.71. The molecule has 1 unspecified atom stereocenters. The molecule has 76 valence electrons. The molecule has 1 N–H and O–H groups in total. The van der Waals surface area contributed by atoms with Gasteiger partial charge in [-0.05, 0) is 24.5 Å². The number of aliphatic hydroxyl groups excluding tert-OH is 1. The zero-order valence-corrected chi connectivity index (χ0v) is 8.39. The first-order chi connectivity index (χ1) is 6.86. The lowest BCUT2D eigenvalue weighted by molar-refractivity contribution is 0.140. The van der Waals surface area contributed by atoms with E-state index in [2.05, 4.69) is 4.98 Å². The van der Waals surface area contributed by atoms with Gasteiger partial charge in [-0.25, -0.2) is 0 Å². The van der Waals surface area contributed by atoms with Crippen LogP contribution in [0.3, 0.4) is 0 Å². The molecule has 2 nitrogen and oxygen atoms in total. The molecule has 1 fully saturated rings. The van der Waals surface area contributed by atoms with E-state index in [0.29, 0.717) is 5.92 Å². The Morgan fingerprint density at radius 1 is 1.36 bits per heavy atom. The van der Waals surface area contributed by atoms with E-state index >= 15 is 0 Å². The summed E-state index contributed by atoms with van der Waals surface area (Å²) < 4.78 is 0. The lowest BCUT2D eigenvalue weighted by Gasteiger charge is -2.14. The smallest absolute Gasteiger partial charge is 0.0962 e. The molecule has 0 aromatic carbocycles. The van der Waals surface area contributed by atoms with Gasteiger partial charge < -0.3 is 5.11 Å². The third-order valence-corrected chi connectivity index (χ3v) is 3.06. The first kappa shape index (κ1) is 9.66. The van der Waals surface area contributed by atoms with Crippen molar-refractivity contribution in [3.8, 4) is 0 Å². The van der Waals surface area contributed by atoms with Crippen molar-refractivity contribution in [3.05, 3.63) is 30.1 Å². The van der Waals surface area contributed by atoms with Gasteiger partial charge in [-0.15, -0.1) is 0 Å². The average molecular weight is 191 g/mol. The molecule has 0 radical (unpaired) electrons. The van der Waals surface area contributed by atoms with Crippen molar-refractivity contribution in [3.63, 3.8) is 0 Å². The van der Waals surface area contributed by atoms with Crippen LogP contribution in [0, 0.1) is 5.92 Å². The molecule has 1 heterocycles.